The molecule has 0 aromatic heterocycles. The molecule has 7 atom stereocenters. The van der Waals surface area contributed by atoms with E-state index in [-0.39, 0.29) is 44.4 Å². The topological polar surface area (TPSA) is 59.4 Å². The van der Waals surface area contributed by atoms with Crippen molar-refractivity contribution in [1.82, 2.24) is 0 Å². The molecule has 8 heteroatoms. The van der Waals surface area contributed by atoms with Crippen LogP contribution in [-0.4, -0.2) is 33.1 Å². The molecule has 0 saturated heterocycles. The summed E-state index contributed by atoms with van der Waals surface area (Å²) >= 11 is 0. The molecule has 4 nitrogen and oxygen atoms in total. The Labute approximate surface area is 301 Å². The van der Waals surface area contributed by atoms with Crippen molar-refractivity contribution < 1.29 is 17.5 Å². The van der Waals surface area contributed by atoms with E-state index in [0.717, 1.165) is 50.5 Å². The monoisotopic (exact) mass is 727 g/mol. The lowest BCUT2D eigenvalue weighted by atomic mass is 9.61. The van der Waals surface area contributed by atoms with E-state index >= 15 is 4.39 Å². The Kier molecular flexibility index (Phi) is 11.8. The molecular weight excluding hydrogens is 662 g/mol. The fraction of sp³-hybridized carbons (Fsp3) is 0.659. The van der Waals surface area contributed by atoms with Crippen LogP contribution >= 0.6 is 0 Å². The predicted molar refractivity (Wildman–Crippen MR) is 211 cm³/mol. The zero-order chi connectivity index (χ0) is 36.8. The van der Waals surface area contributed by atoms with Crippen LogP contribution in [0.3, 0.4) is 0 Å². The number of hydrogen-bond acceptors (Lipinski definition) is 4. The summed E-state index contributed by atoms with van der Waals surface area (Å²) in [6.07, 6.45) is 13.3. The molecule has 3 aliphatic carbocycles. The molecule has 3 aliphatic rings. The summed E-state index contributed by atoms with van der Waals surface area (Å²) in [6.45, 7) is 32.2. The Morgan fingerprint density at radius 3 is 2.20 bits per heavy atom. The van der Waals surface area contributed by atoms with E-state index < -0.39 is 31.5 Å². The van der Waals surface area contributed by atoms with Crippen LogP contribution in [0.1, 0.15) is 100 Å². The first kappa shape index (κ1) is 40.2. The fourth-order valence-electron chi connectivity index (χ4n) is 8.05. The van der Waals surface area contributed by atoms with E-state index in [1.54, 1.807) is 30.3 Å². The third kappa shape index (κ3) is 8.56. The standard InChI is InChI=1S/C41H66FNO3SSi2/c1-29(26-38(42)47(43,44)34-19-15-14-16-20-34)35-23-24-36-31(18-17-25-41(35,36)9)21-22-32-27-33(45-48(10,11)39(3,4)5)28-37(30(32)2)46-49(12,13)40(6,7)8/h14-16,19-22,26,29,33,35-37,43H,2,17-18,23-25,27-28H2,1,3-13H3/b31-21+,32-22-,38-26+/t29-,33-,35-,36+,37+,41-,47-/m1/s1. The summed E-state index contributed by atoms with van der Waals surface area (Å²) in [5.74, 6) is 0.578. The van der Waals surface area contributed by atoms with Crippen LogP contribution in [0.15, 0.2) is 81.9 Å². The molecule has 0 radical (unpaired) electrons. The van der Waals surface area contributed by atoms with Gasteiger partial charge in [0, 0.05) is 6.42 Å². The van der Waals surface area contributed by atoms with Gasteiger partial charge in [0.05, 0.1) is 17.1 Å². The van der Waals surface area contributed by atoms with Crippen LogP contribution in [0.25, 0.3) is 0 Å². The highest BCUT2D eigenvalue weighted by Crippen LogP contribution is 2.60. The van der Waals surface area contributed by atoms with Crippen LogP contribution in [-0.2, 0) is 18.6 Å². The van der Waals surface area contributed by atoms with Crippen molar-refractivity contribution in [3.8, 4) is 0 Å². The summed E-state index contributed by atoms with van der Waals surface area (Å²) in [5, 5.41) is -0.580. The van der Waals surface area contributed by atoms with Crippen molar-refractivity contribution in [3.63, 3.8) is 0 Å². The molecule has 3 fully saturated rings. The highest BCUT2D eigenvalue weighted by molar-refractivity contribution is 7.96. The molecule has 0 amide bonds. The van der Waals surface area contributed by atoms with Gasteiger partial charge in [-0.2, -0.15) is 4.39 Å². The maximum absolute atomic E-state index is 15.5. The second-order valence-corrected chi connectivity index (χ2v) is 30.0. The molecular formula is C41H66FNO3SSi2. The van der Waals surface area contributed by atoms with E-state index in [9.17, 15) is 4.21 Å². The highest BCUT2D eigenvalue weighted by Gasteiger charge is 2.51. The van der Waals surface area contributed by atoms with Gasteiger partial charge >= 0.3 is 0 Å². The number of allylic oxidation sites excluding steroid dienone is 4. The van der Waals surface area contributed by atoms with E-state index in [0.29, 0.717) is 5.92 Å². The molecule has 1 N–H and O–H groups in total. The Morgan fingerprint density at radius 2 is 1.61 bits per heavy atom. The summed E-state index contributed by atoms with van der Waals surface area (Å²) in [4.78, 5) is 0.223. The molecule has 0 unspecified atom stereocenters. The maximum Gasteiger partial charge on any atom is 0.196 e. The quantitative estimate of drug-likeness (QED) is 0.258. The van der Waals surface area contributed by atoms with Gasteiger partial charge in [-0.05, 0) is 127 Å². The molecule has 0 aliphatic heterocycles. The summed E-state index contributed by atoms with van der Waals surface area (Å²) in [5.41, 5.74) is 3.86. The zero-order valence-electron chi connectivity index (χ0n) is 32.7. The summed E-state index contributed by atoms with van der Waals surface area (Å²) in [7, 11) is -7.68. The normalized spacial score (nSPS) is 31.1. The van der Waals surface area contributed by atoms with Crippen molar-refractivity contribution in [1.29, 1.82) is 4.78 Å². The predicted octanol–water partition coefficient (Wildman–Crippen LogP) is 12.7. The van der Waals surface area contributed by atoms with Gasteiger partial charge in [0.2, 0.25) is 0 Å². The number of halogens is 1. The van der Waals surface area contributed by atoms with Gasteiger partial charge in [-0.25, -0.2) is 8.99 Å². The van der Waals surface area contributed by atoms with Crippen molar-refractivity contribution >= 4 is 26.4 Å². The second kappa shape index (κ2) is 14.4. The smallest absolute Gasteiger partial charge is 0.196 e. The van der Waals surface area contributed by atoms with Crippen LogP contribution in [0.2, 0.25) is 36.3 Å². The van der Waals surface area contributed by atoms with Crippen LogP contribution in [0, 0.1) is 27.9 Å². The lowest BCUT2D eigenvalue weighted by molar-refractivity contribution is 0.0969. The number of rotatable bonds is 9. The van der Waals surface area contributed by atoms with Gasteiger partial charge in [0.1, 0.15) is 9.73 Å². The van der Waals surface area contributed by atoms with Gasteiger partial charge in [-0.15, -0.1) is 0 Å². The Bertz CT molecular complexity index is 1570. The van der Waals surface area contributed by atoms with Gasteiger partial charge in [-0.1, -0.05) is 97.9 Å². The van der Waals surface area contributed by atoms with Crippen molar-refractivity contribution in [3.05, 3.63) is 77.0 Å². The fourth-order valence-corrected chi connectivity index (χ4v) is 11.9. The molecule has 49 heavy (non-hydrogen) atoms. The third-order valence-electron chi connectivity index (χ3n) is 13.2. The van der Waals surface area contributed by atoms with Crippen LogP contribution < -0.4 is 0 Å². The molecule has 0 heterocycles. The van der Waals surface area contributed by atoms with Gasteiger partial charge in [-0.3, -0.25) is 0 Å². The summed E-state index contributed by atoms with van der Waals surface area (Å²) < 4.78 is 51.2. The molecule has 3 saturated carbocycles. The molecule has 0 bridgehead atoms. The first-order valence-electron chi connectivity index (χ1n) is 18.6. The SMILES string of the molecule is C=C1/C(=C\C=C2/CCC[C@]3(C)[C@@H]([C@H](C)/C=C(\F)[S@](=N)(=O)c4ccccc4)CC[C@@H]23)C[C@@H](O[Si](C)(C)C(C)(C)C)C[C@@H]1O[Si](C)(C)C(C)(C)C. The zero-order valence-corrected chi connectivity index (χ0v) is 35.5. The Morgan fingerprint density at radius 1 is 1.02 bits per heavy atom. The first-order valence-corrected chi connectivity index (χ1v) is 25.9. The van der Waals surface area contributed by atoms with Gasteiger partial charge < -0.3 is 8.85 Å². The van der Waals surface area contributed by atoms with Crippen molar-refractivity contribution in [2.24, 2.45) is 23.2 Å². The maximum atomic E-state index is 15.5. The van der Waals surface area contributed by atoms with Gasteiger partial charge in [0.25, 0.3) is 0 Å². The van der Waals surface area contributed by atoms with Crippen LogP contribution in [0.4, 0.5) is 4.39 Å². The molecule has 4 rings (SSSR count). The minimum absolute atomic E-state index is 0.0277. The first-order chi connectivity index (χ1) is 22.4. The van der Waals surface area contributed by atoms with Crippen molar-refractivity contribution in [2.45, 2.75) is 154 Å². The Balaban J connectivity index is 1.61. The third-order valence-corrected chi connectivity index (χ3v) is 23.8. The van der Waals surface area contributed by atoms with E-state index in [2.05, 4.69) is 100 Å². The number of hydrogen-bond donors (Lipinski definition) is 1. The average Bonchev–Trinajstić information content (AvgIpc) is 3.34. The second-order valence-electron chi connectivity index (χ2n) is 18.6. The van der Waals surface area contributed by atoms with E-state index in [1.807, 2.05) is 0 Å². The number of nitrogens with one attached hydrogen (secondary N) is 1. The molecule has 274 valence electrons. The minimum atomic E-state index is -3.65. The minimum Gasteiger partial charge on any atom is -0.413 e. The largest absolute Gasteiger partial charge is 0.413 e. The average molecular weight is 728 g/mol. The Hall–Kier alpha value is -1.59. The summed E-state index contributed by atoms with van der Waals surface area (Å²) in [6, 6.07) is 8.37. The number of benzene rings is 1. The van der Waals surface area contributed by atoms with Gasteiger partial charge in [0.15, 0.2) is 21.8 Å². The lowest BCUT2D eigenvalue weighted by Gasteiger charge is -2.45. The number of fused-ring (bicyclic) bond motifs is 1. The van der Waals surface area contributed by atoms with Crippen molar-refractivity contribution in [2.75, 3.05) is 0 Å². The van der Waals surface area contributed by atoms with E-state index in [1.165, 1.54) is 17.2 Å². The molecule has 0 spiro atoms. The molecule has 1 aromatic rings. The molecule has 1 aromatic carbocycles. The lowest BCUT2D eigenvalue weighted by Crippen LogP contribution is -2.49. The highest BCUT2D eigenvalue weighted by atomic mass is 32.2. The van der Waals surface area contributed by atoms with E-state index in [4.69, 9.17) is 13.6 Å². The van der Waals surface area contributed by atoms with Crippen LogP contribution in [0.5, 0.6) is 0 Å².